The molecule has 1 heterocycles. The summed E-state index contributed by atoms with van der Waals surface area (Å²) in [5.41, 5.74) is 6.00. The summed E-state index contributed by atoms with van der Waals surface area (Å²) < 4.78 is 26.6. The van der Waals surface area contributed by atoms with Gasteiger partial charge in [0.25, 0.3) is 10.0 Å². The molecule has 0 aliphatic heterocycles. The summed E-state index contributed by atoms with van der Waals surface area (Å²) in [6.45, 7) is 0. The molecular formula is C11H12ClN5O2S. The molecule has 1 aromatic carbocycles. The van der Waals surface area contributed by atoms with Crippen LogP contribution in [0.1, 0.15) is 0 Å². The van der Waals surface area contributed by atoms with Gasteiger partial charge in [-0.25, -0.2) is 13.4 Å². The van der Waals surface area contributed by atoms with Gasteiger partial charge < -0.3 is 11.1 Å². The quantitative estimate of drug-likeness (QED) is 0.583. The number of nitrogens with zero attached hydrogens (tertiary/aromatic N) is 2. The van der Waals surface area contributed by atoms with Gasteiger partial charge in [0, 0.05) is 18.8 Å². The number of nitrogen functional groups attached to an aromatic ring is 1. The summed E-state index contributed by atoms with van der Waals surface area (Å²) >= 11 is 5.78. The number of nitrogens with two attached hydrogens (primary N) is 1. The monoisotopic (exact) mass is 313 g/mol. The van der Waals surface area contributed by atoms with E-state index in [0.717, 1.165) is 0 Å². The van der Waals surface area contributed by atoms with Crippen molar-refractivity contribution in [3.63, 3.8) is 0 Å². The van der Waals surface area contributed by atoms with E-state index in [4.69, 9.17) is 17.3 Å². The van der Waals surface area contributed by atoms with Gasteiger partial charge in [-0.3, -0.25) is 4.72 Å². The predicted octanol–water partition coefficient (Wildman–Crippen LogP) is 1.55. The van der Waals surface area contributed by atoms with Crippen LogP contribution in [0.25, 0.3) is 0 Å². The fourth-order valence-electron chi connectivity index (χ4n) is 1.43. The molecule has 0 bridgehead atoms. The summed E-state index contributed by atoms with van der Waals surface area (Å²) in [5, 5.41) is 2.81. The second-order valence-electron chi connectivity index (χ2n) is 3.82. The molecule has 0 unspecified atom stereocenters. The molecule has 4 N–H and O–H groups in total. The number of hydrogen-bond donors (Lipinski definition) is 3. The van der Waals surface area contributed by atoms with Gasteiger partial charge in [-0.2, -0.15) is 4.98 Å². The Kier molecular flexibility index (Phi) is 3.96. The number of anilines is 3. The van der Waals surface area contributed by atoms with E-state index >= 15 is 0 Å². The van der Waals surface area contributed by atoms with Gasteiger partial charge in [0.05, 0.1) is 4.90 Å². The van der Waals surface area contributed by atoms with Crippen LogP contribution in [0.15, 0.2) is 35.2 Å². The van der Waals surface area contributed by atoms with E-state index in [1.54, 1.807) is 7.05 Å². The third kappa shape index (κ3) is 3.28. The summed E-state index contributed by atoms with van der Waals surface area (Å²) in [6.07, 6.45) is 0. The largest absolute Gasteiger partial charge is 0.399 e. The SMILES string of the molecule is CNc1nc(Cl)cc(NS(=O)(=O)c2ccc(N)cc2)n1. The second kappa shape index (κ2) is 5.51. The average Bonchev–Trinajstić information content (AvgIpc) is 2.37. The van der Waals surface area contributed by atoms with Gasteiger partial charge in [-0.05, 0) is 24.3 Å². The lowest BCUT2D eigenvalue weighted by atomic mass is 10.3. The highest BCUT2D eigenvalue weighted by molar-refractivity contribution is 7.92. The third-order valence-electron chi connectivity index (χ3n) is 2.35. The first-order valence-electron chi connectivity index (χ1n) is 5.51. The Morgan fingerprint density at radius 1 is 1.20 bits per heavy atom. The van der Waals surface area contributed by atoms with Crippen molar-refractivity contribution in [3.8, 4) is 0 Å². The molecule has 7 nitrogen and oxygen atoms in total. The van der Waals surface area contributed by atoms with E-state index in [1.807, 2.05) is 0 Å². The van der Waals surface area contributed by atoms with Crippen LogP contribution in [0.5, 0.6) is 0 Å². The van der Waals surface area contributed by atoms with E-state index in [-0.39, 0.29) is 21.8 Å². The van der Waals surface area contributed by atoms with Crippen LogP contribution >= 0.6 is 11.6 Å². The highest BCUT2D eigenvalue weighted by Crippen LogP contribution is 2.19. The number of benzene rings is 1. The Morgan fingerprint density at radius 3 is 2.45 bits per heavy atom. The van der Waals surface area contributed by atoms with Crippen LogP contribution in [0.3, 0.4) is 0 Å². The van der Waals surface area contributed by atoms with Crippen molar-refractivity contribution >= 4 is 39.1 Å². The molecule has 1 aromatic heterocycles. The third-order valence-corrected chi connectivity index (χ3v) is 3.91. The van der Waals surface area contributed by atoms with Crippen LogP contribution < -0.4 is 15.8 Å². The van der Waals surface area contributed by atoms with Crippen molar-refractivity contribution in [2.75, 3.05) is 22.8 Å². The molecule has 0 aliphatic carbocycles. The van der Waals surface area contributed by atoms with Gasteiger partial charge >= 0.3 is 0 Å². The fraction of sp³-hybridized carbons (Fsp3) is 0.0909. The van der Waals surface area contributed by atoms with Crippen molar-refractivity contribution in [2.45, 2.75) is 4.90 Å². The lowest BCUT2D eigenvalue weighted by Gasteiger charge is -2.09. The van der Waals surface area contributed by atoms with E-state index in [9.17, 15) is 8.42 Å². The Labute approximate surface area is 121 Å². The van der Waals surface area contributed by atoms with Gasteiger partial charge in [-0.15, -0.1) is 0 Å². The average molecular weight is 314 g/mol. The Bertz CT molecular complexity index is 718. The van der Waals surface area contributed by atoms with Gasteiger partial charge in [-0.1, -0.05) is 11.6 Å². The van der Waals surface area contributed by atoms with Crippen molar-refractivity contribution in [1.29, 1.82) is 0 Å². The summed E-state index contributed by atoms with van der Waals surface area (Å²) in [4.78, 5) is 7.89. The molecular weight excluding hydrogens is 302 g/mol. The molecule has 0 radical (unpaired) electrons. The van der Waals surface area contributed by atoms with Crippen LogP contribution in [0.4, 0.5) is 17.5 Å². The zero-order chi connectivity index (χ0) is 14.8. The van der Waals surface area contributed by atoms with Gasteiger partial charge in [0.1, 0.15) is 11.0 Å². The highest BCUT2D eigenvalue weighted by atomic mass is 35.5. The Morgan fingerprint density at radius 2 is 1.85 bits per heavy atom. The van der Waals surface area contributed by atoms with Crippen LogP contribution in [-0.2, 0) is 10.0 Å². The number of sulfonamides is 1. The van der Waals surface area contributed by atoms with Crippen molar-refractivity contribution in [1.82, 2.24) is 9.97 Å². The van der Waals surface area contributed by atoms with E-state index < -0.39 is 10.0 Å². The van der Waals surface area contributed by atoms with E-state index in [0.29, 0.717) is 5.69 Å². The summed E-state index contributed by atoms with van der Waals surface area (Å²) in [6, 6.07) is 7.12. The van der Waals surface area contributed by atoms with Crippen molar-refractivity contribution < 1.29 is 8.42 Å². The number of nitrogens with one attached hydrogen (secondary N) is 2. The molecule has 2 aromatic rings. The fourth-order valence-corrected chi connectivity index (χ4v) is 2.60. The molecule has 106 valence electrons. The molecule has 0 atom stereocenters. The zero-order valence-corrected chi connectivity index (χ0v) is 12.0. The van der Waals surface area contributed by atoms with Crippen LogP contribution in [0.2, 0.25) is 5.15 Å². The van der Waals surface area contributed by atoms with Crippen LogP contribution in [-0.4, -0.2) is 25.4 Å². The molecule has 0 saturated heterocycles. The Hall–Kier alpha value is -2.06. The maximum atomic E-state index is 12.1. The smallest absolute Gasteiger partial charge is 0.263 e. The first-order chi connectivity index (χ1) is 9.40. The topological polar surface area (TPSA) is 110 Å². The van der Waals surface area contributed by atoms with Gasteiger partial charge in [0.15, 0.2) is 0 Å². The number of aromatic nitrogens is 2. The maximum Gasteiger partial charge on any atom is 0.263 e. The molecule has 20 heavy (non-hydrogen) atoms. The molecule has 0 saturated carbocycles. The van der Waals surface area contributed by atoms with Crippen LogP contribution in [0, 0.1) is 0 Å². The molecule has 0 fully saturated rings. The van der Waals surface area contributed by atoms with E-state index in [1.165, 1.54) is 30.3 Å². The highest BCUT2D eigenvalue weighted by Gasteiger charge is 2.15. The van der Waals surface area contributed by atoms with Crippen molar-refractivity contribution in [3.05, 3.63) is 35.5 Å². The lowest BCUT2D eigenvalue weighted by molar-refractivity contribution is 0.601. The molecule has 0 spiro atoms. The standard InChI is InChI=1S/C11H12ClN5O2S/c1-14-11-15-9(12)6-10(16-11)17-20(18,19)8-4-2-7(13)3-5-8/h2-6H,13H2,1H3,(H2,14,15,16,17). The molecule has 9 heteroatoms. The normalized spacial score (nSPS) is 11.1. The zero-order valence-electron chi connectivity index (χ0n) is 10.5. The molecule has 0 amide bonds. The Balaban J connectivity index is 2.33. The molecule has 2 rings (SSSR count). The minimum atomic E-state index is -3.75. The number of hydrogen-bond acceptors (Lipinski definition) is 6. The van der Waals surface area contributed by atoms with E-state index in [2.05, 4.69) is 20.0 Å². The first kappa shape index (κ1) is 14.4. The first-order valence-corrected chi connectivity index (χ1v) is 7.37. The van der Waals surface area contributed by atoms with Gasteiger partial charge in [0.2, 0.25) is 5.95 Å². The second-order valence-corrected chi connectivity index (χ2v) is 5.89. The van der Waals surface area contributed by atoms with Crippen molar-refractivity contribution in [2.24, 2.45) is 0 Å². The molecule has 0 aliphatic rings. The minimum absolute atomic E-state index is 0.0752. The number of halogens is 1. The summed E-state index contributed by atoms with van der Waals surface area (Å²) in [7, 11) is -2.15. The predicted molar refractivity (Wildman–Crippen MR) is 78.3 cm³/mol. The number of rotatable bonds is 4. The lowest BCUT2D eigenvalue weighted by Crippen LogP contribution is -2.14. The minimum Gasteiger partial charge on any atom is -0.399 e. The summed E-state index contributed by atoms with van der Waals surface area (Å²) in [5.74, 6) is 0.290. The maximum absolute atomic E-state index is 12.1.